The molecule has 0 bridgehead atoms. The van der Waals surface area contributed by atoms with Crippen molar-refractivity contribution in [1.82, 2.24) is 10.3 Å². The molecule has 0 aliphatic carbocycles. The molecule has 1 heterocycles. The summed E-state index contributed by atoms with van der Waals surface area (Å²) >= 11 is 3.45. The maximum absolute atomic E-state index is 4.30. The molecule has 0 fully saturated rings. The van der Waals surface area contributed by atoms with Crippen LogP contribution in [0.15, 0.2) is 47.1 Å². The Balaban J connectivity index is 1.93. The Labute approximate surface area is 117 Å². The van der Waals surface area contributed by atoms with Crippen LogP contribution in [0.4, 0.5) is 0 Å². The number of hydrogen-bond donors (Lipinski definition) is 1. The van der Waals surface area contributed by atoms with Gasteiger partial charge in [-0.25, -0.2) is 0 Å². The highest BCUT2D eigenvalue weighted by atomic mass is 79.9. The van der Waals surface area contributed by atoms with Crippen molar-refractivity contribution in [1.29, 1.82) is 0 Å². The third-order valence-electron chi connectivity index (χ3n) is 2.95. The first-order valence-corrected chi connectivity index (χ1v) is 6.85. The predicted octanol–water partition coefficient (Wildman–Crippen LogP) is 4.00. The number of halogens is 1. The van der Waals surface area contributed by atoms with Crippen LogP contribution in [0.25, 0.3) is 0 Å². The van der Waals surface area contributed by atoms with Crippen LogP contribution in [0.2, 0.25) is 0 Å². The van der Waals surface area contributed by atoms with Gasteiger partial charge in [-0.1, -0.05) is 34.1 Å². The minimum absolute atomic E-state index is 0.333. The van der Waals surface area contributed by atoms with E-state index >= 15 is 0 Å². The highest BCUT2D eigenvalue weighted by Crippen LogP contribution is 2.16. The fourth-order valence-electron chi connectivity index (χ4n) is 1.74. The second kappa shape index (κ2) is 6.12. The molecule has 1 atom stereocenters. The van der Waals surface area contributed by atoms with E-state index in [9.17, 15) is 0 Å². The summed E-state index contributed by atoms with van der Waals surface area (Å²) in [5, 5.41) is 3.50. The van der Waals surface area contributed by atoms with Crippen LogP contribution in [0.5, 0.6) is 0 Å². The molecule has 1 aromatic carbocycles. The van der Waals surface area contributed by atoms with Gasteiger partial charge in [0, 0.05) is 29.0 Å². The topological polar surface area (TPSA) is 24.9 Å². The van der Waals surface area contributed by atoms with Gasteiger partial charge in [0.15, 0.2) is 0 Å². The molecule has 2 aromatic rings. The maximum Gasteiger partial charge on any atom is 0.0372 e. The quantitative estimate of drug-likeness (QED) is 0.923. The lowest BCUT2D eigenvalue weighted by Gasteiger charge is -2.14. The lowest BCUT2D eigenvalue weighted by Crippen LogP contribution is -2.18. The minimum Gasteiger partial charge on any atom is -0.306 e. The molecule has 1 N–H and O–H groups in total. The van der Waals surface area contributed by atoms with Crippen LogP contribution in [-0.2, 0) is 6.54 Å². The molecule has 0 unspecified atom stereocenters. The van der Waals surface area contributed by atoms with Gasteiger partial charge in [0.05, 0.1) is 0 Å². The van der Waals surface area contributed by atoms with Crippen LogP contribution in [0.3, 0.4) is 0 Å². The van der Waals surface area contributed by atoms with E-state index in [1.165, 1.54) is 11.1 Å². The zero-order valence-electron chi connectivity index (χ0n) is 10.7. The largest absolute Gasteiger partial charge is 0.306 e. The van der Waals surface area contributed by atoms with Crippen LogP contribution in [-0.4, -0.2) is 4.98 Å². The summed E-state index contributed by atoms with van der Waals surface area (Å²) in [5.74, 6) is 0. The number of pyridine rings is 1. The summed E-state index contributed by atoms with van der Waals surface area (Å²) in [6.45, 7) is 5.01. The molecule has 0 radical (unpaired) electrons. The molecule has 3 heteroatoms. The van der Waals surface area contributed by atoms with Gasteiger partial charge in [-0.2, -0.15) is 0 Å². The Bertz CT molecular complexity index is 491. The van der Waals surface area contributed by atoms with E-state index in [-0.39, 0.29) is 0 Å². The van der Waals surface area contributed by atoms with Gasteiger partial charge in [-0.05, 0) is 43.2 Å². The zero-order valence-corrected chi connectivity index (χ0v) is 12.2. The normalized spacial score (nSPS) is 12.4. The first-order chi connectivity index (χ1) is 8.65. The molecule has 0 aliphatic heterocycles. The second-order valence-electron chi connectivity index (χ2n) is 4.46. The van der Waals surface area contributed by atoms with Gasteiger partial charge in [0.2, 0.25) is 0 Å². The van der Waals surface area contributed by atoms with Crippen molar-refractivity contribution in [3.8, 4) is 0 Å². The highest BCUT2D eigenvalue weighted by Gasteiger charge is 2.04. The molecular formula is C15H17BrN2. The Hall–Kier alpha value is -1.19. The standard InChI is InChI=1S/C15H17BrN2/c1-11-3-4-13(9-17-11)10-18-12(2)14-5-7-15(16)8-6-14/h3-9,12,18H,10H2,1-2H3/t12-/m0/s1. The molecule has 1 aromatic heterocycles. The van der Waals surface area contributed by atoms with E-state index in [4.69, 9.17) is 0 Å². The van der Waals surface area contributed by atoms with Gasteiger partial charge in [-0.3, -0.25) is 4.98 Å². The first-order valence-electron chi connectivity index (χ1n) is 6.05. The van der Waals surface area contributed by atoms with Gasteiger partial charge in [-0.15, -0.1) is 0 Å². The lowest BCUT2D eigenvalue weighted by molar-refractivity contribution is 0.573. The van der Waals surface area contributed by atoms with Gasteiger partial charge in [0.1, 0.15) is 0 Å². The molecule has 0 aliphatic rings. The van der Waals surface area contributed by atoms with Crippen molar-refractivity contribution in [2.75, 3.05) is 0 Å². The molecule has 0 amide bonds. The monoisotopic (exact) mass is 304 g/mol. The summed E-state index contributed by atoms with van der Waals surface area (Å²) in [6.07, 6.45) is 1.93. The molecule has 0 saturated heterocycles. The molecule has 0 saturated carbocycles. The molecule has 94 valence electrons. The second-order valence-corrected chi connectivity index (χ2v) is 5.38. The lowest BCUT2D eigenvalue weighted by atomic mass is 10.1. The van der Waals surface area contributed by atoms with E-state index in [0.717, 1.165) is 16.7 Å². The molecule has 2 rings (SSSR count). The van der Waals surface area contributed by atoms with E-state index < -0.39 is 0 Å². The smallest absolute Gasteiger partial charge is 0.0372 e. The molecule has 18 heavy (non-hydrogen) atoms. The summed E-state index contributed by atoms with van der Waals surface area (Å²) in [5.41, 5.74) is 3.56. The van der Waals surface area contributed by atoms with E-state index in [1.807, 2.05) is 19.2 Å². The SMILES string of the molecule is Cc1ccc(CN[C@@H](C)c2ccc(Br)cc2)cn1. The van der Waals surface area contributed by atoms with Crippen LogP contribution < -0.4 is 5.32 Å². The molecular weight excluding hydrogens is 288 g/mol. The summed E-state index contributed by atoms with van der Waals surface area (Å²) < 4.78 is 1.11. The number of hydrogen-bond acceptors (Lipinski definition) is 2. The average molecular weight is 305 g/mol. The Kier molecular flexibility index (Phi) is 4.50. The fourth-order valence-corrected chi connectivity index (χ4v) is 2.01. The number of nitrogens with one attached hydrogen (secondary N) is 1. The van der Waals surface area contributed by atoms with Crippen LogP contribution in [0, 0.1) is 6.92 Å². The average Bonchev–Trinajstić information content (AvgIpc) is 2.38. The molecule has 0 spiro atoms. The summed E-state index contributed by atoms with van der Waals surface area (Å²) in [4.78, 5) is 4.30. The zero-order chi connectivity index (χ0) is 13.0. The van der Waals surface area contributed by atoms with Crippen molar-refractivity contribution in [3.63, 3.8) is 0 Å². The number of aryl methyl sites for hydroxylation is 1. The third kappa shape index (κ3) is 3.65. The third-order valence-corrected chi connectivity index (χ3v) is 3.48. The van der Waals surface area contributed by atoms with Crippen molar-refractivity contribution >= 4 is 15.9 Å². The van der Waals surface area contributed by atoms with Crippen LogP contribution in [0.1, 0.15) is 29.8 Å². The maximum atomic E-state index is 4.30. The number of aromatic nitrogens is 1. The minimum atomic E-state index is 0.333. The predicted molar refractivity (Wildman–Crippen MR) is 78.4 cm³/mol. The summed E-state index contributed by atoms with van der Waals surface area (Å²) in [6, 6.07) is 12.9. The van der Waals surface area contributed by atoms with Crippen molar-refractivity contribution in [2.45, 2.75) is 26.4 Å². The summed E-state index contributed by atoms with van der Waals surface area (Å²) in [7, 11) is 0. The highest BCUT2D eigenvalue weighted by molar-refractivity contribution is 9.10. The Morgan fingerprint density at radius 1 is 1.17 bits per heavy atom. The first kappa shape index (κ1) is 13.2. The fraction of sp³-hybridized carbons (Fsp3) is 0.267. The van der Waals surface area contributed by atoms with Gasteiger partial charge >= 0.3 is 0 Å². The van der Waals surface area contributed by atoms with E-state index in [1.54, 1.807) is 0 Å². The van der Waals surface area contributed by atoms with Crippen molar-refractivity contribution < 1.29 is 0 Å². The van der Waals surface area contributed by atoms with E-state index in [0.29, 0.717) is 6.04 Å². The number of nitrogens with zero attached hydrogens (tertiary/aromatic N) is 1. The van der Waals surface area contributed by atoms with Crippen molar-refractivity contribution in [3.05, 3.63) is 63.9 Å². The van der Waals surface area contributed by atoms with Crippen molar-refractivity contribution in [2.24, 2.45) is 0 Å². The van der Waals surface area contributed by atoms with E-state index in [2.05, 4.69) is 63.5 Å². The number of benzene rings is 1. The van der Waals surface area contributed by atoms with Crippen LogP contribution >= 0.6 is 15.9 Å². The molecule has 2 nitrogen and oxygen atoms in total. The van der Waals surface area contributed by atoms with Gasteiger partial charge in [0.25, 0.3) is 0 Å². The van der Waals surface area contributed by atoms with Gasteiger partial charge < -0.3 is 5.32 Å². The Morgan fingerprint density at radius 3 is 2.50 bits per heavy atom. The number of rotatable bonds is 4. The Morgan fingerprint density at radius 2 is 1.89 bits per heavy atom.